The van der Waals surface area contributed by atoms with Gasteiger partial charge in [-0.2, -0.15) is 0 Å². The van der Waals surface area contributed by atoms with Gasteiger partial charge in [0.1, 0.15) is 0 Å². The Kier molecular flexibility index (Phi) is 7.28. The van der Waals surface area contributed by atoms with Crippen LogP contribution in [0.1, 0.15) is 20.8 Å². The average Bonchev–Trinajstić information content (AvgIpc) is 2.48. The first-order valence-corrected chi connectivity index (χ1v) is 10.2. The van der Waals surface area contributed by atoms with Crippen molar-refractivity contribution in [1.82, 2.24) is 0 Å². The molecule has 0 bridgehead atoms. The Labute approximate surface area is 126 Å². The van der Waals surface area contributed by atoms with Crippen molar-refractivity contribution in [2.75, 3.05) is 19.8 Å². The average molecular weight is 335 g/mol. The van der Waals surface area contributed by atoms with E-state index in [2.05, 4.69) is 0 Å². The van der Waals surface area contributed by atoms with Crippen molar-refractivity contribution in [2.24, 2.45) is 5.73 Å². The van der Waals surface area contributed by atoms with Crippen molar-refractivity contribution in [3.63, 3.8) is 0 Å². The Morgan fingerprint density at radius 1 is 0.952 bits per heavy atom. The normalized spacial score (nSPS) is 16.4. The van der Waals surface area contributed by atoms with E-state index in [1.54, 1.807) is 51.1 Å². The molecule has 1 rings (SSSR count). The van der Waals surface area contributed by atoms with Crippen molar-refractivity contribution >= 4 is 20.3 Å². The van der Waals surface area contributed by atoms with Gasteiger partial charge in [0.05, 0.1) is 19.8 Å². The van der Waals surface area contributed by atoms with Gasteiger partial charge in [0, 0.05) is 5.30 Å². The maximum absolute atomic E-state index is 13.2. The van der Waals surface area contributed by atoms with E-state index in [0.29, 0.717) is 5.30 Å². The molecule has 2 atom stereocenters. The molecule has 1 aromatic carbocycles. The van der Waals surface area contributed by atoms with Crippen LogP contribution in [-0.4, -0.2) is 25.3 Å². The van der Waals surface area contributed by atoms with Crippen LogP contribution in [0.5, 0.6) is 0 Å². The van der Waals surface area contributed by atoms with Crippen molar-refractivity contribution in [3.05, 3.63) is 30.3 Å². The van der Waals surface area contributed by atoms with Gasteiger partial charge in [-0.05, 0) is 32.9 Å². The second-order valence-electron chi connectivity index (χ2n) is 4.14. The molecule has 6 nitrogen and oxygen atoms in total. The van der Waals surface area contributed by atoms with Crippen LogP contribution in [0.2, 0.25) is 0 Å². The molecule has 2 unspecified atom stereocenters. The third-order valence-electron chi connectivity index (χ3n) is 2.73. The summed E-state index contributed by atoms with van der Waals surface area (Å²) in [5.41, 5.74) is 4.67. The van der Waals surface area contributed by atoms with Crippen LogP contribution in [0.3, 0.4) is 0 Å². The lowest BCUT2D eigenvalue weighted by Crippen LogP contribution is -2.29. The monoisotopic (exact) mass is 335 g/mol. The Hall–Kier alpha value is -0.480. The topological polar surface area (TPSA) is 87.9 Å². The standard InChI is InChI=1S/C13H23NO5P2/c1-4-17-20(15,12-10-8-7-9-11-12)13(14)21(16,18-5-2)19-6-3/h7-11,13H,4-6,14H2,1-3H3. The second-order valence-corrected chi connectivity index (χ2v) is 9.22. The zero-order valence-electron chi connectivity index (χ0n) is 12.6. The summed E-state index contributed by atoms with van der Waals surface area (Å²) in [6.45, 7) is 5.52. The molecule has 0 aliphatic carbocycles. The van der Waals surface area contributed by atoms with Gasteiger partial charge in [-0.3, -0.25) is 9.13 Å². The van der Waals surface area contributed by atoms with Gasteiger partial charge in [-0.25, -0.2) is 0 Å². The molecule has 0 spiro atoms. The maximum atomic E-state index is 13.2. The second kappa shape index (κ2) is 8.23. The summed E-state index contributed by atoms with van der Waals surface area (Å²) < 4.78 is 41.8. The lowest BCUT2D eigenvalue weighted by Gasteiger charge is -2.29. The fraction of sp³-hybridized carbons (Fsp3) is 0.538. The molecule has 0 amide bonds. The van der Waals surface area contributed by atoms with Crippen LogP contribution in [0.25, 0.3) is 0 Å². The molecule has 0 saturated heterocycles. The summed E-state index contributed by atoms with van der Waals surface area (Å²) in [5, 5.41) is 0.402. The van der Waals surface area contributed by atoms with E-state index in [9.17, 15) is 9.13 Å². The summed E-state index contributed by atoms with van der Waals surface area (Å²) in [4.78, 5) is 0. The number of nitrogens with two attached hydrogens (primary N) is 1. The largest absolute Gasteiger partial charge is 0.357 e. The SMILES string of the molecule is CCOP(=O)(OCC)C(N)P(=O)(OCC)c1ccccc1. The van der Waals surface area contributed by atoms with Crippen LogP contribution < -0.4 is 11.0 Å². The highest BCUT2D eigenvalue weighted by atomic mass is 31.2. The summed E-state index contributed by atoms with van der Waals surface area (Å²) in [7, 11) is -7.32. The predicted octanol–water partition coefficient (Wildman–Crippen LogP) is 3.13. The molecule has 0 saturated carbocycles. The van der Waals surface area contributed by atoms with Gasteiger partial charge in [0.2, 0.25) is 0 Å². The van der Waals surface area contributed by atoms with E-state index >= 15 is 0 Å². The quantitative estimate of drug-likeness (QED) is 0.698. The molecule has 2 N–H and O–H groups in total. The molecule has 1 aromatic rings. The van der Waals surface area contributed by atoms with Crippen molar-refractivity contribution in [1.29, 1.82) is 0 Å². The van der Waals surface area contributed by atoms with E-state index in [0.717, 1.165) is 0 Å². The zero-order chi connectivity index (χ0) is 15.9. The highest BCUT2D eigenvalue weighted by Gasteiger charge is 2.48. The number of hydrogen-bond acceptors (Lipinski definition) is 6. The van der Waals surface area contributed by atoms with E-state index < -0.39 is 20.5 Å². The molecule has 0 radical (unpaired) electrons. The summed E-state index contributed by atoms with van der Waals surface area (Å²) >= 11 is 0. The Balaban J connectivity index is 3.26. The lowest BCUT2D eigenvalue weighted by molar-refractivity contribution is 0.215. The first-order valence-electron chi connectivity index (χ1n) is 6.88. The lowest BCUT2D eigenvalue weighted by atomic mass is 10.4. The Morgan fingerprint density at radius 3 is 1.86 bits per heavy atom. The van der Waals surface area contributed by atoms with Gasteiger partial charge in [0.15, 0.2) is 5.52 Å². The van der Waals surface area contributed by atoms with Crippen LogP contribution in [0.4, 0.5) is 0 Å². The van der Waals surface area contributed by atoms with Crippen LogP contribution in [0.15, 0.2) is 30.3 Å². The third kappa shape index (κ3) is 4.26. The molecule has 120 valence electrons. The highest BCUT2D eigenvalue weighted by Crippen LogP contribution is 2.66. The first-order chi connectivity index (χ1) is 9.94. The molecular weight excluding hydrogens is 312 g/mol. The van der Waals surface area contributed by atoms with Crippen molar-refractivity contribution in [3.8, 4) is 0 Å². The highest BCUT2D eigenvalue weighted by molar-refractivity contribution is 7.79. The minimum atomic E-state index is -3.74. The smallest absolute Gasteiger partial charge is 0.324 e. The summed E-state index contributed by atoms with van der Waals surface area (Å²) in [6, 6.07) is 8.51. The molecule has 0 fully saturated rings. The molecular formula is C13H23NO5P2. The minimum Gasteiger partial charge on any atom is -0.324 e. The number of hydrogen-bond donors (Lipinski definition) is 1. The summed E-state index contributed by atoms with van der Waals surface area (Å²) in [5.74, 6) is 0. The zero-order valence-corrected chi connectivity index (χ0v) is 14.4. The molecule has 21 heavy (non-hydrogen) atoms. The van der Waals surface area contributed by atoms with E-state index in [4.69, 9.17) is 19.3 Å². The van der Waals surface area contributed by atoms with Gasteiger partial charge >= 0.3 is 7.60 Å². The van der Waals surface area contributed by atoms with Crippen molar-refractivity contribution < 1.29 is 22.7 Å². The fourth-order valence-electron chi connectivity index (χ4n) is 1.87. The number of rotatable bonds is 9. The third-order valence-corrected chi connectivity index (χ3v) is 8.73. The summed E-state index contributed by atoms with van der Waals surface area (Å²) in [6.07, 6.45) is 0. The van der Waals surface area contributed by atoms with E-state index in [1.807, 2.05) is 0 Å². The Morgan fingerprint density at radius 2 is 1.43 bits per heavy atom. The van der Waals surface area contributed by atoms with E-state index in [1.165, 1.54) is 0 Å². The van der Waals surface area contributed by atoms with Gasteiger partial charge < -0.3 is 19.3 Å². The minimum absolute atomic E-state index is 0.145. The Bertz CT molecular complexity index is 513. The molecule has 0 aromatic heterocycles. The van der Waals surface area contributed by atoms with Crippen LogP contribution in [0, 0.1) is 0 Å². The predicted molar refractivity (Wildman–Crippen MR) is 84.1 cm³/mol. The maximum Gasteiger partial charge on any atom is 0.357 e. The van der Waals surface area contributed by atoms with Gasteiger partial charge in [-0.1, -0.05) is 18.2 Å². The van der Waals surface area contributed by atoms with Crippen molar-refractivity contribution in [2.45, 2.75) is 26.3 Å². The first kappa shape index (κ1) is 18.6. The molecule has 0 heterocycles. The molecule has 0 aliphatic rings. The van der Waals surface area contributed by atoms with Crippen LogP contribution in [-0.2, 0) is 22.7 Å². The molecule has 8 heteroatoms. The molecule has 0 aliphatic heterocycles. The van der Waals surface area contributed by atoms with Gasteiger partial charge in [0.25, 0.3) is 7.37 Å². The van der Waals surface area contributed by atoms with Crippen LogP contribution >= 0.6 is 15.0 Å². The van der Waals surface area contributed by atoms with E-state index in [-0.39, 0.29) is 19.8 Å². The fourth-order valence-corrected chi connectivity index (χ4v) is 7.04. The number of benzene rings is 1. The van der Waals surface area contributed by atoms with Gasteiger partial charge in [-0.15, -0.1) is 0 Å².